The van der Waals surface area contributed by atoms with Gasteiger partial charge in [0.05, 0.1) is 37.8 Å². The van der Waals surface area contributed by atoms with Gasteiger partial charge >= 0.3 is 6.09 Å². The first-order valence-electron chi connectivity index (χ1n) is 14.3. The number of nitrogens with zero attached hydrogens (tertiary/aromatic N) is 2. The lowest BCUT2D eigenvalue weighted by molar-refractivity contribution is -0.129. The Morgan fingerprint density at radius 1 is 1.00 bits per heavy atom. The van der Waals surface area contributed by atoms with Gasteiger partial charge < -0.3 is 24.6 Å². The number of carbonyl (C=O) groups excluding carboxylic acids is 2. The molecule has 0 spiro atoms. The zero-order valence-electron chi connectivity index (χ0n) is 25.3. The van der Waals surface area contributed by atoms with Crippen molar-refractivity contribution in [3.05, 3.63) is 84.4 Å². The highest BCUT2D eigenvalue weighted by Gasteiger charge is 2.39. The quantitative estimate of drug-likeness (QED) is 0.278. The fourth-order valence-corrected chi connectivity index (χ4v) is 6.58. The molecular formula is C32H39N3O8S. The van der Waals surface area contributed by atoms with E-state index >= 15 is 0 Å². The van der Waals surface area contributed by atoms with Crippen LogP contribution >= 0.6 is 0 Å². The molecule has 3 aromatic carbocycles. The molecule has 1 heterocycles. The van der Waals surface area contributed by atoms with E-state index in [1.54, 1.807) is 36.4 Å². The largest absolute Gasteiger partial charge is 0.497 e. The maximum Gasteiger partial charge on any atom is 0.415 e. The van der Waals surface area contributed by atoms with E-state index in [1.165, 1.54) is 35.6 Å². The predicted octanol–water partition coefficient (Wildman–Crippen LogP) is 3.46. The van der Waals surface area contributed by atoms with Crippen LogP contribution in [0.25, 0.3) is 0 Å². The number of hydrogen-bond donors (Lipinski definition) is 2. The molecule has 3 atom stereocenters. The van der Waals surface area contributed by atoms with Crippen LogP contribution in [0.2, 0.25) is 0 Å². The molecule has 4 rings (SSSR count). The summed E-state index contributed by atoms with van der Waals surface area (Å²) in [6, 6.07) is 21.3. The SMILES string of the molecule is COc1ccc(N2C[C@@H](C(=O)N[C@@H](Cc3ccccc3)[C@H](O)CN(CC(C)C)S(=O)(=O)c3cccc(OC)c3)OC2=O)cc1. The molecule has 0 radical (unpaired) electrons. The molecule has 0 aromatic heterocycles. The number of aliphatic hydroxyl groups is 1. The first kappa shape index (κ1) is 32.8. The average molecular weight is 626 g/mol. The Morgan fingerprint density at radius 2 is 1.68 bits per heavy atom. The van der Waals surface area contributed by atoms with Gasteiger partial charge in [-0.15, -0.1) is 0 Å². The molecule has 1 aliphatic rings. The zero-order valence-corrected chi connectivity index (χ0v) is 26.1. The molecule has 1 aliphatic heterocycles. The molecule has 44 heavy (non-hydrogen) atoms. The van der Waals surface area contributed by atoms with Crippen LogP contribution in [0.15, 0.2) is 83.8 Å². The number of sulfonamides is 1. The van der Waals surface area contributed by atoms with Crippen LogP contribution in [0.3, 0.4) is 0 Å². The molecule has 0 bridgehead atoms. The second kappa shape index (κ2) is 14.6. The first-order valence-corrected chi connectivity index (χ1v) is 15.7. The van der Waals surface area contributed by atoms with Crippen molar-refractivity contribution in [3.8, 4) is 11.5 Å². The minimum atomic E-state index is -4.03. The maximum atomic E-state index is 13.7. The van der Waals surface area contributed by atoms with E-state index in [1.807, 2.05) is 44.2 Å². The van der Waals surface area contributed by atoms with Crippen LogP contribution in [0, 0.1) is 5.92 Å². The Bertz CT molecular complexity index is 1520. The number of ether oxygens (including phenoxy) is 3. The van der Waals surface area contributed by atoms with E-state index in [-0.39, 0.29) is 36.9 Å². The Kier molecular flexibility index (Phi) is 10.8. The number of nitrogens with one attached hydrogen (secondary N) is 1. The summed E-state index contributed by atoms with van der Waals surface area (Å²) in [6.45, 7) is 3.59. The second-order valence-electron chi connectivity index (χ2n) is 10.9. The van der Waals surface area contributed by atoms with Crippen LogP contribution in [0.5, 0.6) is 11.5 Å². The van der Waals surface area contributed by atoms with E-state index < -0.39 is 40.3 Å². The summed E-state index contributed by atoms with van der Waals surface area (Å²) >= 11 is 0. The van der Waals surface area contributed by atoms with Gasteiger partial charge in [-0.3, -0.25) is 9.69 Å². The van der Waals surface area contributed by atoms with Gasteiger partial charge in [0.2, 0.25) is 10.0 Å². The van der Waals surface area contributed by atoms with Crippen LogP contribution < -0.4 is 19.7 Å². The summed E-state index contributed by atoms with van der Waals surface area (Å²) in [5.74, 6) is 0.361. The van der Waals surface area contributed by atoms with Crippen molar-refractivity contribution >= 4 is 27.7 Å². The molecule has 236 valence electrons. The number of methoxy groups -OCH3 is 2. The number of cyclic esters (lactones) is 1. The molecule has 12 heteroatoms. The van der Waals surface area contributed by atoms with Gasteiger partial charge in [-0.05, 0) is 54.3 Å². The molecule has 2 N–H and O–H groups in total. The van der Waals surface area contributed by atoms with Crippen molar-refractivity contribution < 1.29 is 37.3 Å². The third-order valence-corrected chi connectivity index (χ3v) is 9.05. The van der Waals surface area contributed by atoms with Crippen LogP contribution in [-0.4, -0.2) is 81.9 Å². The topological polar surface area (TPSA) is 135 Å². The standard InChI is InChI=1S/C32H39N3O8S/c1-22(2)19-34(44(39,40)27-12-8-11-26(18-27)42-4)20-29(36)28(17-23-9-6-5-7-10-23)33-31(37)30-21-35(32(38)43-30)24-13-15-25(41-3)16-14-24/h5-16,18,22,28-30,36H,17,19-21H2,1-4H3,(H,33,37)/t28-,29+,30-/m0/s1. The smallest absolute Gasteiger partial charge is 0.415 e. The third-order valence-electron chi connectivity index (χ3n) is 7.22. The zero-order chi connectivity index (χ0) is 31.9. The lowest BCUT2D eigenvalue weighted by Crippen LogP contribution is -2.53. The van der Waals surface area contributed by atoms with Gasteiger partial charge in [-0.2, -0.15) is 4.31 Å². The van der Waals surface area contributed by atoms with Crippen LogP contribution in [0.1, 0.15) is 19.4 Å². The monoisotopic (exact) mass is 625 g/mol. The molecule has 1 fully saturated rings. The fourth-order valence-electron chi connectivity index (χ4n) is 4.92. The van der Waals surface area contributed by atoms with Crippen molar-refractivity contribution in [1.29, 1.82) is 0 Å². The molecular weight excluding hydrogens is 586 g/mol. The van der Waals surface area contributed by atoms with E-state index in [9.17, 15) is 23.1 Å². The Labute approximate surface area is 258 Å². The Morgan fingerprint density at radius 3 is 2.32 bits per heavy atom. The summed E-state index contributed by atoms with van der Waals surface area (Å²) < 4.78 is 44.5. The van der Waals surface area contributed by atoms with Crippen molar-refractivity contribution in [2.24, 2.45) is 5.92 Å². The highest BCUT2D eigenvalue weighted by Crippen LogP contribution is 2.25. The Balaban J connectivity index is 1.54. The second-order valence-corrected chi connectivity index (χ2v) is 12.9. The normalized spacial score (nSPS) is 16.5. The van der Waals surface area contributed by atoms with E-state index in [0.717, 1.165) is 5.56 Å². The maximum absolute atomic E-state index is 13.7. The number of aliphatic hydroxyl groups excluding tert-OH is 1. The summed E-state index contributed by atoms with van der Waals surface area (Å²) in [6.07, 6.45) is -2.90. The van der Waals surface area contributed by atoms with Gasteiger partial charge in [-0.1, -0.05) is 50.2 Å². The number of rotatable bonds is 14. The number of carbonyl (C=O) groups is 2. The van der Waals surface area contributed by atoms with Gasteiger partial charge in [0, 0.05) is 24.8 Å². The van der Waals surface area contributed by atoms with Crippen LogP contribution in [-0.2, 0) is 26.0 Å². The average Bonchev–Trinajstić information content (AvgIpc) is 3.42. The summed E-state index contributed by atoms with van der Waals surface area (Å²) in [7, 11) is -1.04. The highest BCUT2D eigenvalue weighted by atomic mass is 32.2. The number of anilines is 1. The first-order chi connectivity index (χ1) is 21.0. The van der Waals surface area contributed by atoms with Crippen molar-refractivity contribution in [2.45, 2.75) is 43.4 Å². The van der Waals surface area contributed by atoms with Gasteiger partial charge in [0.25, 0.3) is 5.91 Å². The predicted molar refractivity (Wildman–Crippen MR) is 165 cm³/mol. The molecule has 1 saturated heterocycles. The van der Waals surface area contributed by atoms with Gasteiger partial charge in [0.1, 0.15) is 11.5 Å². The number of hydrogen-bond acceptors (Lipinski definition) is 8. The minimum absolute atomic E-state index is 0.0323. The van der Waals surface area contributed by atoms with E-state index in [2.05, 4.69) is 5.32 Å². The summed E-state index contributed by atoms with van der Waals surface area (Å²) in [5, 5.41) is 14.3. The molecule has 2 amide bonds. The molecule has 3 aromatic rings. The van der Waals surface area contributed by atoms with E-state index in [0.29, 0.717) is 17.2 Å². The van der Waals surface area contributed by atoms with Crippen molar-refractivity contribution in [1.82, 2.24) is 9.62 Å². The number of benzene rings is 3. The lowest BCUT2D eigenvalue weighted by atomic mass is 10.0. The molecule has 0 unspecified atom stereocenters. The lowest BCUT2D eigenvalue weighted by Gasteiger charge is -2.31. The molecule has 11 nitrogen and oxygen atoms in total. The molecule has 0 saturated carbocycles. The van der Waals surface area contributed by atoms with Gasteiger partial charge in [0.15, 0.2) is 6.10 Å². The van der Waals surface area contributed by atoms with E-state index in [4.69, 9.17) is 14.2 Å². The van der Waals surface area contributed by atoms with Crippen LogP contribution in [0.4, 0.5) is 10.5 Å². The minimum Gasteiger partial charge on any atom is -0.497 e. The van der Waals surface area contributed by atoms with Crippen molar-refractivity contribution in [2.75, 3.05) is 38.8 Å². The summed E-state index contributed by atoms with van der Waals surface area (Å²) in [4.78, 5) is 27.5. The molecule has 0 aliphatic carbocycles. The van der Waals surface area contributed by atoms with Crippen molar-refractivity contribution in [3.63, 3.8) is 0 Å². The number of amides is 2. The highest BCUT2D eigenvalue weighted by molar-refractivity contribution is 7.89. The van der Waals surface area contributed by atoms with Gasteiger partial charge in [-0.25, -0.2) is 13.2 Å². The fraction of sp³-hybridized carbons (Fsp3) is 0.375. The summed E-state index contributed by atoms with van der Waals surface area (Å²) in [5.41, 5.74) is 1.37. The third kappa shape index (κ3) is 8.07. The Hall–Kier alpha value is -4.13.